The Hall–Kier alpha value is -3.06. The largest absolute Gasteiger partial charge is 0.416 e. The molecule has 0 bridgehead atoms. The van der Waals surface area contributed by atoms with Crippen LogP contribution in [0.1, 0.15) is 46.6 Å². The van der Waals surface area contributed by atoms with Crippen LogP contribution in [0.15, 0.2) is 77.5 Å². The predicted octanol–water partition coefficient (Wildman–Crippen LogP) is 5.74. The van der Waals surface area contributed by atoms with Crippen LogP contribution in [-0.2, 0) is 12.6 Å². The van der Waals surface area contributed by atoms with E-state index < -0.39 is 11.7 Å². The highest BCUT2D eigenvalue weighted by atomic mass is 19.4. The third-order valence-corrected chi connectivity index (χ3v) is 5.18. The minimum Gasteiger partial charge on any atom is -0.390 e. The summed E-state index contributed by atoms with van der Waals surface area (Å²) in [5, 5.41) is 10.9. The Morgan fingerprint density at radius 1 is 1.10 bits per heavy atom. The van der Waals surface area contributed by atoms with Crippen molar-refractivity contribution in [2.45, 2.75) is 38.0 Å². The number of aryl methyl sites for hydroxylation is 2. The fourth-order valence-electron chi connectivity index (χ4n) is 3.43. The van der Waals surface area contributed by atoms with Crippen molar-refractivity contribution >= 4 is 0 Å². The molecule has 0 fully saturated rings. The summed E-state index contributed by atoms with van der Waals surface area (Å²) in [6, 6.07) is 16.7. The van der Waals surface area contributed by atoms with E-state index >= 15 is 0 Å². The molecule has 0 radical (unpaired) electrons. The summed E-state index contributed by atoms with van der Waals surface area (Å²) in [6.45, 7) is 5.95. The van der Waals surface area contributed by atoms with Gasteiger partial charge in [0.2, 0.25) is 0 Å². The second-order valence-electron chi connectivity index (χ2n) is 7.43. The molecule has 164 valence electrons. The van der Waals surface area contributed by atoms with Crippen LogP contribution in [-0.4, -0.2) is 12.2 Å². The summed E-state index contributed by atoms with van der Waals surface area (Å²) < 4.78 is 43.8. The van der Waals surface area contributed by atoms with Gasteiger partial charge in [0.25, 0.3) is 0 Å². The minimum absolute atomic E-state index is 0.180. The Labute approximate surface area is 180 Å². The zero-order chi connectivity index (χ0) is 22.4. The van der Waals surface area contributed by atoms with Crippen molar-refractivity contribution < 1.29 is 17.7 Å². The number of hydrogen-bond donors (Lipinski definition) is 2. The van der Waals surface area contributed by atoms with Crippen LogP contribution in [0.4, 0.5) is 13.2 Å². The molecule has 3 rings (SSSR count). The predicted molar refractivity (Wildman–Crippen MR) is 114 cm³/mol. The Bertz CT molecular complexity index is 981. The summed E-state index contributed by atoms with van der Waals surface area (Å²) in [4.78, 5) is 0. The lowest BCUT2D eigenvalue weighted by molar-refractivity contribution is -0.137. The van der Waals surface area contributed by atoms with Crippen LogP contribution in [0, 0.1) is 6.92 Å². The SMILES string of the molecule is C=C(NC)[C@H](N[C@H](CCc1ccc(C(F)(F)F)cc1)c1cc(C)on1)c1ccccc1. The highest BCUT2D eigenvalue weighted by Gasteiger charge is 2.30. The van der Waals surface area contributed by atoms with Gasteiger partial charge in [0.1, 0.15) is 11.5 Å². The topological polar surface area (TPSA) is 50.1 Å². The normalized spacial score (nSPS) is 13.6. The Morgan fingerprint density at radius 3 is 2.32 bits per heavy atom. The zero-order valence-corrected chi connectivity index (χ0v) is 17.5. The molecule has 0 aliphatic heterocycles. The third kappa shape index (κ3) is 5.98. The van der Waals surface area contributed by atoms with Gasteiger partial charge in [0, 0.05) is 18.8 Å². The summed E-state index contributed by atoms with van der Waals surface area (Å²) in [5.41, 5.74) is 2.76. The van der Waals surface area contributed by atoms with Gasteiger partial charge in [-0.3, -0.25) is 5.32 Å². The first-order valence-corrected chi connectivity index (χ1v) is 10.0. The van der Waals surface area contributed by atoms with Crippen molar-refractivity contribution in [2.75, 3.05) is 7.05 Å². The van der Waals surface area contributed by atoms with E-state index in [9.17, 15) is 13.2 Å². The van der Waals surface area contributed by atoms with Crippen LogP contribution in [0.3, 0.4) is 0 Å². The van der Waals surface area contributed by atoms with Gasteiger partial charge in [-0.25, -0.2) is 0 Å². The van der Waals surface area contributed by atoms with Gasteiger partial charge < -0.3 is 9.84 Å². The number of alkyl halides is 3. The average molecular weight is 429 g/mol. The maximum Gasteiger partial charge on any atom is 0.416 e. The van der Waals surface area contributed by atoms with E-state index in [1.807, 2.05) is 50.4 Å². The number of benzene rings is 2. The second kappa shape index (κ2) is 9.83. The lowest BCUT2D eigenvalue weighted by Gasteiger charge is -2.27. The number of nitrogens with one attached hydrogen (secondary N) is 2. The quantitative estimate of drug-likeness (QED) is 0.455. The van der Waals surface area contributed by atoms with Gasteiger partial charge in [-0.2, -0.15) is 13.2 Å². The number of nitrogens with zero attached hydrogens (tertiary/aromatic N) is 1. The maximum absolute atomic E-state index is 12.8. The number of halogens is 3. The van der Waals surface area contributed by atoms with Crippen LogP contribution >= 0.6 is 0 Å². The number of aromatic nitrogens is 1. The molecule has 2 N–H and O–H groups in total. The van der Waals surface area contributed by atoms with E-state index in [0.717, 1.165) is 34.7 Å². The fourth-order valence-corrected chi connectivity index (χ4v) is 3.43. The summed E-state index contributed by atoms with van der Waals surface area (Å²) in [5.74, 6) is 0.694. The maximum atomic E-state index is 12.8. The van der Waals surface area contributed by atoms with E-state index in [1.54, 1.807) is 0 Å². The Kier molecular flexibility index (Phi) is 7.17. The summed E-state index contributed by atoms with van der Waals surface area (Å²) in [7, 11) is 1.82. The Balaban J connectivity index is 1.80. The van der Waals surface area contributed by atoms with Crippen LogP contribution in [0.5, 0.6) is 0 Å². The Morgan fingerprint density at radius 2 is 1.77 bits per heavy atom. The molecular weight excluding hydrogens is 403 g/mol. The van der Waals surface area contributed by atoms with E-state index in [4.69, 9.17) is 4.52 Å². The molecular formula is C24H26F3N3O. The van der Waals surface area contributed by atoms with Crippen molar-refractivity contribution in [3.05, 3.63) is 101 Å². The molecule has 1 aromatic heterocycles. The second-order valence-corrected chi connectivity index (χ2v) is 7.43. The fraction of sp³-hybridized carbons (Fsp3) is 0.292. The summed E-state index contributed by atoms with van der Waals surface area (Å²) >= 11 is 0. The standard InChI is InChI=1S/C24H26F3N3O/c1-16-15-22(30-31-16)21(14-11-18-9-12-20(13-10-18)24(25,26)27)29-23(17(2)28-3)19-7-5-4-6-8-19/h4-10,12-13,15,21,23,28-29H,2,11,14H2,1,3H3/t21-,23+/m1/s1. The van der Waals surface area contributed by atoms with E-state index in [0.29, 0.717) is 18.6 Å². The molecule has 0 aliphatic rings. The van der Waals surface area contributed by atoms with Gasteiger partial charge in [-0.05, 0) is 43.0 Å². The number of rotatable bonds is 9. The van der Waals surface area contributed by atoms with E-state index in [1.165, 1.54) is 12.1 Å². The van der Waals surface area contributed by atoms with Crippen molar-refractivity contribution in [3.8, 4) is 0 Å². The molecule has 0 aliphatic carbocycles. The van der Waals surface area contributed by atoms with Crippen molar-refractivity contribution in [1.82, 2.24) is 15.8 Å². The molecule has 0 saturated carbocycles. The monoisotopic (exact) mass is 429 g/mol. The molecule has 4 nitrogen and oxygen atoms in total. The number of hydrogen-bond acceptors (Lipinski definition) is 4. The van der Waals surface area contributed by atoms with Crippen molar-refractivity contribution in [1.29, 1.82) is 0 Å². The molecule has 31 heavy (non-hydrogen) atoms. The van der Waals surface area contributed by atoms with Crippen LogP contribution < -0.4 is 10.6 Å². The smallest absolute Gasteiger partial charge is 0.390 e. The van der Waals surface area contributed by atoms with Crippen LogP contribution in [0.2, 0.25) is 0 Å². The third-order valence-electron chi connectivity index (χ3n) is 5.18. The first kappa shape index (κ1) is 22.6. The molecule has 2 aromatic carbocycles. The molecule has 3 aromatic rings. The molecule has 1 heterocycles. The first-order valence-electron chi connectivity index (χ1n) is 10.0. The highest BCUT2D eigenvalue weighted by molar-refractivity contribution is 5.28. The highest BCUT2D eigenvalue weighted by Crippen LogP contribution is 2.30. The van der Waals surface area contributed by atoms with Crippen molar-refractivity contribution in [2.24, 2.45) is 0 Å². The van der Waals surface area contributed by atoms with Crippen molar-refractivity contribution in [3.63, 3.8) is 0 Å². The van der Waals surface area contributed by atoms with Gasteiger partial charge in [0.15, 0.2) is 0 Å². The van der Waals surface area contributed by atoms with Gasteiger partial charge in [-0.1, -0.05) is 54.2 Å². The molecule has 0 unspecified atom stereocenters. The minimum atomic E-state index is -4.34. The summed E-state index contributed by atoms with van der Waals surface area (Å²) in [6.07, 6.45) is -3.13. The van der Waals surface area contributed by atoms with Gasteiger partial charge in [-0.15, -0.1) is 0 Å². The zero-order valence-electron chi connectivity index (χ0n) is 17.5. The van der Waals surface area contributed by atoms with Gasteiger partial charge in [0.05, 0.1) is 17.6 Å². The molecule has 0 amide bonds. The molecule has 7 heteroatoms. The number of likely N-dealkylation sites (N-methyl/N-ethyl adjacent to an activating group) is 1. The van der Waals surface area contributed by atoms with E-state index in [-0.39, 0.29) is 12.1 Å². The van der Waals surface area contributed by atoms with E-state index in [2.05, 4.69) is 22.4 Å². The molecule has 0 spiro atoms. The lowest BCUT2D eigenvalue weighted by Crippen LogP contribution is -2.31. The molecule has 0 saturated heterocycles. The van der Waals surface area contributed by atoms with Gasteiger partial charge >= 0.3 is 6.18 Å². The van der Waals surface area contributed by atoms with Crippen LogP contribution in [0.25, 0.3) is 0 Å². The molecule has 2 atom stereocenters. The first-order chi connectivity index (χ1) is 14.8. The average Bonchev–Trinajstić information content (AvgIpc) is 3.20. The lowest BCUT2D eigenvalue weighted by atomic mass is 9.98.